The van der Waals surface area contributed by atoms with Crippen LogP contribution in [0.25, 0.3) is 0 Å². The van der Waals surface area contributed by atoms with Crippen LogP contribution in [-0.4, -0.2) is 37.3 Å². The fourth-order valence-electron chi connectivity index (χ4n) is 2.50. The van der Waals surface area contributed by atoms with Crippen LogP contribution in [-0.2, 0) is 6.42 Å². The molecule has 0 saturated carbocycles. The summed E-state index contributed by atoms with van der Waals surface area (Å²) in [5.41, 5.74) is 0.970. The number of nitrogens with zero attached hydrogens (tertiary/aromatic N) is 1. The molecule has 1 unspecified atom stereocenters. The highest BCUT2D eigenvalue weighted by molar-refractivity contribution is 5.79. The van der Waals surface area contributed by atoms with Gasteiger partial charge >= 0.3 is 0 Å². The minimum Gasteiger partial charge on any atom is -0.396 e. The molecular formula is C18H30FN3O. The topological polar surface area (TPSA) is 56.7 Å². The van der Waals surface area contributed by atoms with Crippen LogP contribution >= 0.6 is 0 Å². The van der Waals surface area contributed by atoms with E-state index in [1.54, 1.807) is 12.1 Å². The fourth-order valence-corrected chi connectivity index (χ4v) is 2.50. The summed E-state index contributed by atoms with van der Waals surface area (Å²) in [4.78, 5) is 4.61. The van der Waals surface area contributed by atoms with Crippen LogP contribution in [0.4, 0.5) is 4.39 Å². The van der Waals surface area contributed by atoms with Gasteiger partial charge in [0.15, 0.2) is 5.96 Å². The average Bonchev–Trinajstić information content (AvgIpc) is 2.53. The molecular weight excluding hydrogens is 293 g/mol. The Morgan fingerprint density at radius 2 is 2.09 bits per heavy atom. The molecule has 1 aromatic carbocycles. The predicted octanol–water partition coefficient (Wildman–Crippen LogP) is 2.72. The van der Waals surface area contributed by atoms with Gasteiger partial charge in [-0.25, -0.2) is 4.39 Å². The third-order valence-corrected chi connectivity index (χ3v) is 3.68. The molecule has 0 aliphatic heterocycles. The van der Waals surface area contributed by atoms with Crippen molar-refractivity contribution < 1.29 is 9.50 Å². The van der Waals surface area contributed by atoms with Crippen LogP contribution in [0.1, 0.15) is 38.7 Å². The van der Waals surface area contributed by atoms with E-state index in [1.807, 2.05) is 13.0 Å². The van der Waals surface area contributed by atoms with Gasteiger partial charge in [-0.1, -0.05) is 25.5 Å². The number of benzene rings is 1. The van der Waals surface area contributed by atoms with Gasteiger partial charge in [0.05, 0.1) is 0 Å². The lowest BCUT2D eigenvalue weighted by molar-refractivity contribution is 0.253. The minimum atomic E-state index is -0.200. The van der Waals surface area contributed by atoms with E-state index >= 15 is 0 Å². The standard InChI is InChI=1S/C18H30FN3O/c1-3-6-16(10-12-23)14-22-18(20-4-2)21-11-9-15-7-5-8-17(19)13-15/h5,7-8,13,16,23H,3-4,6,9-12,14H2,1-2H3,(H2,20,21,22). The molecule has 3 N–H and O–H groups in total. The van der Waals surface area contributed by atoms with Crippen molar-refractivity contribution >= 4 is 5.96 Å². The van der Waals surface area contributed by atoms with Crippen molar-refractivity contribution in [1.82, 2.24) is 10.6 Å². The maximum Gasteiger partial charge on any atom is 0.191 e. The molecule has 0 spiro atoms. The zero-order chi connectivity index (χ0) is 16.9. The number of rotatable bonds is 10. The molecule has 0 amide bonds. The summed E-state index contributed by atoms with van der Waals surface area (Å²) in [6.07, 6.45) is 3.72. The lowest BCUT2D eigenvalue weighted by atomic mass is 10.0. The Morgan fingerprint density at radius 3 is 2.74 bits per heavy atom. The summed E-state index contributed by atoms with van der Waals surface area (Å²) < 4.78 is 13.2. The number of nitrogens with one attached hydrogen (secondary N) is 2. The highest BCUT2D eigenvalue weighted by atomic mass is 19.1. The Morgan fingerprint density at radius 1 is 1.26 bits per heavy atom. The first-order valence-electron chi connectivity index (χ1n) is 8.57. The zero-order valence-corrected chi connectivity index (χ0v) is 14.3. The van der Waals surface area contributed by atoms with Gasteiger partial charge in [-0.15, -0.1) is 0 Å². The molecule has 130 valence electrons. The summed E-state index contributed by atoms with van der Waals surface area (Å²) in [7, 11) is 0. The first-order chi connectivity index (χ1) is 11.2. The number of hydrogen-bond acceptors (Lipinski definition) is 2. The summed E-state index contributed by atoms with van der Waals surface area (Å²) in [6.45, 7) is 6.60. The second-order valence-electron chi connectivity index (χ2n) is 5.69. The molecule has 4 nitrogen and oxygen atoms in total. The second kappa shape index (κ2) is 11.9. The molecule has 0 heterocycles. The van der Waals surface area contributed by atoms with E-state index in [4.69, 9.17) is 5.11 Å². The smallest absolute Gasteiger partial charge is 0.191 e. The van der Waals surface area contributed by atoms with Crippen molar-refractivity contribution in [3.63, 3.8) is 0 Å². The summed E-state index contributed by atoms with van der Waals surface area (Å²) in [5.74, 6) is 1.00. The highest BCUT2D eigenvalue weighted by Crippen LogP contribution is 2.11. The average molecular weight is 323 g/mol. The summed E-state index contributed by atoms with van der Waals surface area (Å²) in [5, 5.41) is 15.6. The molecule has 1 aromatic rings. The van der Waals surface area contributed by atoms with E-state index in [0.29, 0.717) is 19.0 Å². The molecule has 0 aliphatic rings. The summed E-state index contributed by atoms with van der Waals surface area (Å²) in [6, 6.07) is 6.67. The number of hydrogen-bond donors (Lipinski definition) is 3. The predicted molar refractivity (Wildman–Crippen MR) is 94.2 cm³/mol. The van der Waals surface area contributed by atoms with Gasteiger partial charge in [-0.2, -0.15) is 0 Å². The fraction of sp³-hybridized carbons (Fsp3) is 0.611. The van der Waals surface area contributed by atoms with Crippen molar-refractivity contribution in [2.75, 3.05) is 26.2 Å². The second-order valence-corrected chi connectivity index (χ2v) is 5.69. The monoisotopic (exact) mass is 323 g/mol. The zero-order valence-electron chi connectivity index (χ0n) is 14.3. The van der Waals surface area contributed by atoms with Gasteiger partial charge in [0.1, 0.15) is 5.82 Å². The van der Waals surface area contributed by atoms with Gasteiger partial charge in [0.2, 0.25) is 0 Å². The van der Waals surface area contributed by atoms with Gasteiger partial charge in [-0.3, -0.25) is 4.99 Å². The van der Waals surface area contributed by atoms with Crippen LogP contribution in [0.15, 0.2) is 29.3 Å². The van der Waals surface area contributed by atoms with Crippen molar-refractivity contribution in [2.24, 2.45) is 10.9 Å². The number of halogens is 1. The molecule has 0 bridgehead atoms. The maximum atomic E-state index is 13.2. The molecule has 1 rings (SSSR count). The Balaban J connectivity index is 2.47. The Labute approximate surface area is 139 Å². The van der Waals surface area contributed by atoms with Crippen LogP contribution in [0.5, 0.6) is 0 Å². The van der Waals surface area contributed by atoms with E-state index in [1.165, 1.54) is 6.07 Å². The van der Waals surface area contributed by atoms with E-state index in [9.17, 15) is 4.39 Å². The molecule has 23 heavy (non-hydrogen) atoms. The molecule has 0 aromatic heterocycles. The largest absolute Gasteiger partial charge is 0.396 e. The Bertz CT molecular complexity index is 459. The third kappa shape index (κ3) is 8.55. The first-order valence-corrected chi connectivity index (χ1v) is 8.57. The van der Waals surface area contributed by atoms with E-state index in [2.05, 4.69) is 22.5 Å². The third-order valence-electron chi connectivity index (χ3n) is 3.68. The molecule has 1 atom stereocenters. The minimum absolute atomic E-state index is 0.200. The Kier molecular flexibility index (Phi) is 10.0. The first kappa shape index (κ1) is 19.4. The lowest BCUT2D eigenvalue weighted by Crippen LogP contribution is -2.38. The number of aliphatic hydroxyl groups is 1. The molecule has 5 heteroatoms. The van der Waals surface area contributed by atoms with Crippen molar-refractivity contribution in [2.45, 2.75) is 39.5 Å². The van der Waals surface area contributed by atoms with Crippen LogP contribution < -0.4 is 10.6 Å². The van der Waals surface area contributed by atoms with Crippen LogP contribution in [0.2, 0.25) is 0 Å². The van der Waals surface area contributed by atoms with Gasteiger partial charge < -0.3 is 15.7 Å². The number of aliphatic hydroxyl groups excluding tert-OH is 1. The van der Waals surface area contributed by atoms with Crippen LogP contribution in [0, 0.1) is 11.7 Å². The van der Waals surface area contributed by atoms with E-state index in [-0.39, 0.29) is 12.4 Å². The highest BCUT2D eigenvalue weighted by Gasteiger charge is 2.07. The normalized spacial score (nSPS) is 13.0. The quantitative estimate of drug-likeness (QED) is 0.458. The van der Waals surface area contributed by atoms with Crippen molar-refractivity contribution in [3.8, 4) is 0 Å². The molecule has 0 radical (unpaired) electrons. The summed E-state index contributed by atoms with van der Waals surface area (Å²) >= 11 is 0. The van der Waals surface area contributed by atoms with E-state index in [0.717, 1.165) is 43.8 Å². The molecule has 0 fully saturated rings. The van der Waals surface area contributed by atoms with Gasteiger partial charge in [0.25, 0.3) is 0 Å². The van der Waals surface area contributed by atoms with Crippen molar-refractivity contribution in [3.05, 3.63) is 35.6 Å². The lowest BCUT2D eigenvalue weighted by Gasteiger charge is -2.15. The van der Waals surface area contributed by atoms with Crippen molar-refractivity contribution in [1.29, 1.82) is 0 Å². The van der Waals surface area contributed by atoms with E-state index < -0.39 is 0 Å². The van der Waals surface area contributed by atoms with Gasteiger partial charge in [0, 0.05) is 26.2 Å². The maximum absolute atomic E-state index is 13.2. The Hall–Kier alpha value is -1.62. The number of aliphatic imine (C=N–C) groups is 1. The van der Waals surface area contributed by atoms with Crippen LogP contribution in [0.3, 0.4) is 0 Å². The van der Waals surface area contributed by atoms with Gasteiger partial charge in [-0.05, 0) is 49.8 Å². The SMILES string of the molecule is CCCC(CCO)CN=C(NCC)NCCc1cccc(F)c1. The molecule has 0 aliphatic carbocycles. The molecule has 0 saturated heterocycles. The number of guanidine groups is 1.